The number of fused-ring (bicyclic) bond motifs is 1. The van der Waals surface area contributed by atoms with Crippen LogP contribution in [0.4, 0.5) is 5.00 Å². The minimum absolute atomic E-state index is 0.166. The summed E-state index contributed by atoms with van der Waals surface area (Å²) in [5, 5.41) is 14.7. The lowest BCUT2D eigenvalue weighted by atomic mass is 10.0. The van der Waals surface area contributed by atoms with Gasteiger partial charge in [-0.05, 0) is 11.1 Å². The minimum Gasteiger partial charge on any atom is -0.545 e. The van der Waals surface area contributed by atoms with E-state index in [2.05, 4.69) is 12.4 Å². The van der Waals surface area contributed by atoms with Gasteiger partial charge >= 0.3 is 0 Å². The number of carbonyl (C=O) groups excluding carboxylic acids is 2. The maximum Gasteiger partial charge on any atom is 0.229 e. The lowest BCUT2D eigenvalue weighted by molar-refractivity contribution is -0.895. The summed E-state index contributed by atoms with van der Waals surface area (Å²) in [6.07, 6.45) is 0.927. The van der Waals surface area contributed by atoms with E-state index in [-0.39, 0.29) is 17.9 Å². The monoisotopic (exact) mass is 330 g/mol. The number of quaternary nitrogens is 1. The van der Waals surface area contributed by atoms with Gasteiger partial charge in [-0.2, -0.15) is 0 Å². The zero-order valence-electron chi connectivity index (χ0n) is 12.8. The summed E-state index contributed by atoms with van der Waals surface area (Å²) in [4.78, 5) is 26.1. The molecule has 0 saturated heterocycles. The summed E-state index contributed by atoms with van der Waals surface area (Å²) < 4.78 is 0. The number of thiophene rings is 1. The Kier molecular flexibility index (Phi) is 4.45. The molecule has 1 aromatic heterocycles. The largest absolute Gasteiger partial charge is 0.545 e. The minimum atomic E-state index is -1.21. The third kappa shape index (κ3) is 3.43. The quantitative estimate of drug-likeness (QED) is 0.820. The van der Waals surface area contributed by atoms with Crippen LogP contribution < -0.4 is 15.3 Å². The van der Waals surface area contributed by atoms with E-state index in [0.29, 0.717) is 11.4 Å². The van der Waals surface area contributed by atoms with E-state index in [1.165, 1.54) is 16.2 Å². The third-order valence-electron chi connectivity index (χ3n) is 4.02. The highest BCUT2D eigenvalue weighted by Gasteiger charge is 2.26. The molecule has 1 aromatic carbocycles. The van der Waals surface area contributed by atoms with Crippen molar-refractivity contribution in [2.75, 3.05) is 18.9 Å². The van der Waals surface area contributed by atoms with Crippen molar-refractivity contribution in [2.45, 2.75) is 19.4 Å². The van der Waals surface area contributed by atoms with Crippen molar-refractivity contribution in [1.29, 1.82) is 0 Å². The van der Waals surface area contributed by atoms with Gasteiger partial charge in [0.05, 0.1) is 30.9 Å². The van der Waals surface area contributed by atoms with Crippen LogP contribution in [-0.4, -0.2) is 25.5 Å². The van der Waals surface area contributed by atoms with Crippen LogP contribution >= 0.6 is 11.3 Å². The Morgan fingerprint density at radius 1 is 1.30 bits per heavy atom. The summed E-state index contributed by atoms with van der Waals surface area (Å²) in [6.45, 7) is 1.68. The molecule has 0 spiro atoms. The number of carboxylic acid groups (broad SMARTS) is 1. The maximum absolute atomic E-state index is 12.2. The van der Waals surface area contributed by atoms with Crippen LogP contribution in [0, 0.1) is 0 Å². The highest BCUT2D eigenvalue weighted by molar-refractivity contribution is 7.16. The van der Waals surface area contributed by atoms with E-state index < -0.39 is 5.97 Å². The number of amides is 1. The molecule has 1 amide bonds. The van der Waals surface area contributed by atoms with Crippen molar-refractivity contribution < 1.29 is 19.6 Å². The van der Waals surface area contributed by atoms with Gasteiger partial charge in [0.25, 0.3) is 0 Å². The predicted octanol–water partition coefficient (Wildman–Crippen LogP) is -0.136. The molecule has 2 heterocycles. The van der Waals surface area contributed by atoms with Gasteiger partial charge < -0.3 is 20.1 Å². The highest BCUT2D eigenvalue weighted by Crippen LogP contribution is 2.34. The molecule has 2 N–H and O–H groups in total. The molecule has 1 unspecified atom stereocenters. The second-order valence-corrected chi connectivity index (χ2v) is 6.94. The van der Waals surface area contributed by atoms with Crippen molar-refractivity contribution in [1.82, 2.24) is 0 Å². The molecule has 6 heteroatoms. The smallest absolute Gasteiger partial charge is 0.229 e. The van der Waals surface area contributed by atoms with Crippen LogP contribution in [0.25, 0.3) is 0 Å². The molecule has 120 valence electrons. The lowest BCUT2D eigenvalue weighted by Gasteiger charge is -2.20. The molecule has 3 rings (SSSR count). The number of likely N-dealkylation sites (N-methyl/N-ethyl adjacent to an activating group) is 1. The zero-order chi connectivity index (χ0) is 16.4. The molecular formula is C17H18N2O3S. The summed E-state index contributed by atoms with van der Waals surface area (Å²) in [5.74, 6) is -1.42. The van der Waals surface area contributed by atoms with Crippen LogP contribution in [0.15, 0.2) is 30.3 Å². The molecule has 23 heavy (non-hydrogen) atoms. The molecule has 0 saturated carbocycles. The first-order valence-corrected chi connectivity index (χ1v) is 8.37. The Hall–Kier alpha value is -2.18. The first-order chi connectivity index (χ1) is 11.0. The number of aromatic carboxylic acids is 1. The third-order valence-corrected chi connectivity index (χ3v) is 5.17. The number of benzene rings is 1. The second-order valence-electron chi connectivity index (χ2n) is 5.84. The van der Waals surface area contributed by atoms with E-state index in [0.717, 1.165) is 29.1 Å². The fourth-order valence-corrected chi connectivity index (χ4v) is 4.24. The second kappa shape index (κ2) is 6.52. The average molecular weight is 330 g/mol. The van der Waals surface area contributed by atoms with E-state index in [1.54, 1.807) is 0 Å². The topological polar surface area (TPSA) is 73.7 Å². The summed E-state index contributed by atoms with van der Waals surface area (Å²) in [5.41, 5.74) is 1.89. The van der Waals surface area contributed by atoms with Crippen LogP contribution in [-0.2, 0) is 24.2 Å². The Morgan fingerprint density at radius 2 is 2.04 bits per heavy atom. The van der Waals surface area contributed by atoms with Crippen molar-refractivity contribution in [3.05, 3.63) is 51.9 Å². The Morgan fingerprint density at radius 3 is 2.74 bits per heavy atom. The van der Waals surface area contributed by atoms with Crippen molar-refractivity contribution in [3.8, 4) is 0 Å². The molecule has 2 aromatic rings. The molecule has 1 aliphatic rings. The van der Waals surface area contributed by atoms with Gasteiger partial charge in [-0.3, -0.25) is 4.79 Å². The number of carboxylic acids is 1. The van der Waals surface area contributed by atoms with Crippen LogP contribution in [0.3, 0.4) is 0 Å². The van der Waals surface area contributed by atoms with E-state index in [1.807, 2.05) is 30.3 Å². The number of anilines is 1. The van der Waals surface area contributed by atoms with Crippen LogP contribution in [0.2, 0.25) is 0 Å². The maximum atomic E-state index is 12.2. The predicted molar refractivity (Wildman–Crippen MR) is 86.6 cm³/mol. The normalized spacial score (nSPS) is 16.7. The fourth-order valence-electron chi connectivity index (χ4n) is 2.88. The molecule has 0 radical (unpaired) electrons. The number of hydrogen-bond donors (Lipinski definition) is 2. The zero-order valence-corrected chi connectivity index (χ0v) is 13.7. The van der Waals surface area contributed by atoms with Crippen molar-refractivity contribution >= 4 is 28.2 Å². The van der Waals surface area contributed by atoms with Gasteiger partial charge in [0, 0.05) is 12.0 Å². The Labute approximate surface area is 138 Å². The SMILES string of the molecule is C[NH+]1CCc2c(sc(NC(=O)Cc3ccccc3)c2C(=O)[O-])C1. The van der Waals surface area contributed by atoms with Gasteiger partial charge in [-0.25, -0.2) is 0 Å². The Bertz CT molecular complexity index is 740. The highest BCUT2D eigenvalue weighted by atomic mass is 32.1. The van der Waals surface area contributed by atoms with Crippen molar-refractivity contribution in [2.24, 2.45) is 0 Å². The van der Waals surface area contributed by atoms with Gasteiger partial charge in [-0.1, -0.05) is 30.3 Å². The standard InChI is InChI=1S/C17H18N2O3S/c1-19-8-7-12-13(10-19)23-16(15(12)17(21)22)18-14(20)9-11-5-3-2-4-6-11/h2-6H,7-10H2,1H3,(H,18,20)(H,21,22). The average Bonchev–Trinajstić information content (AvgIpc) is 2.84. The number of nitrogens with one attached hydrogen (secondary N) is 2. The van der Waals surface area contributed by atoms with E-state index in [9.17, 15) is 14.7 Å². The first-order valence-electron chi connectivity index (χ1n) is 7.55. The number of carbonyl (C=O) groups is 2. The number of rotatable bonds is 4. The van der Waals surface area contributed by atoms with Crippen LogP contribution in [0.5, 0.6) is 0 Å². The van der Waals surface area contributed by atoms with Gasteiger partial charge in [0.15, 0.2) is 0 Å². The molecule has 1 aliphatic heterocycles. The fraction of sp³-hybridized carbons (Fsp3) is 0.294. The molecule has 0 bridgehead atoms. The number of hydrogen-bond acceptors (Lipinski definition) is 4. The summed E-state index contributed by atoms with van der Waals surface area (Å²) >= 11 is 1.36. The van der Waals surface area contributed by atoms with E-state index >= 15 is 0 Å². The molecule has 0 aliphatic carbocycles. The molecule has 0 fully saturated rings. The Balaban J connectivity index is 1.82. The van der Waals surface area contributed by atoms with Gasteiger partial charge in [-0.15, -0.1) is 11.3 Å². The lowest BCUT2D eigenvalue weighted by Crippen LogP contribution is -3.08. The van der Waals surface area contributed by atoms with Gasteiger partial charge in [0.2, 0.25) is 5.91 Å². The molecule has 1 atom stereocenters. The summed E-state index contributed by atoms with van der Waals surface area (Å²) in [7, 11) is 2.08. The first kappa shape index (κ1) is 15.7. The molecule has 5 nitrogen and oxygen atoms in total. The van der Waals surface area contributed by atoms with Crippen molar-refractivity contribution in [3.63, 3.8) is 0 Å². The van der Waals surface area contributed by atoms with Gasteiger partial charge in [0.1, 0.15) is 11.5 Å². The van der Waals surface area contributed by atoms with E-state index in [4.69, 9.17) is 0 Å². The van der Waals surface area contributed by atoms with Crippen LogP contribution in [0.1, 0.15) is 26.4 Å². The molecular weight excluding hydrogens is 312 g/mol. The summed E-state index contributed by atoms with van der Waals surface area (Å²) in [6, 6.07) is 9.38.